The lowest BCUT2D eigenvalue weighted by molar-refractivity contribution is -0.0914. The van der Waals surface area contributed by atoms with E-state index in [1.807, 2.05) is 19.1 Å². The predicted molar refractivity (Wildman–Crippen MR) is 61.7 cm³/mol. The molecule has 0 amide bonds. The zero-order valence-corrected chi connectivity index (χ0v) is 9.90. The van der Waals surface area contributed by atoms with Gasteiger partial charge in [0.2, 0.25) is 0 Å². The van der Waals surface area contributed by atoms with E-state index in [0.29, 0.717) is 19.0 Å². The van der Waals surface area contributed by atoms with Gasteiger partial charge in [-0.05, 0) is 19.1 Å². The first kappa shape index (κ1) is 12.7. The Morgan fingerprint density at radius 3 is 2.75 bits per heavy atom. The molecule has 90 valence electrons. The Bertz CT molecular complexity index is 303. The molecule has 0 spiro atoms. The molecule has 0 aliphatic rings. The number of aromatic nitrogens is 1. The number of anilines is 1. The van der Waals surface area contributed by atoms with Gasteiger partial charge in [-0.15, -0.1) is 0 Å². The number of hydrogen-bond donors (Lipinski definition) is 1. The fourth-order valence-corrected chi connectivity index (χ4v) is 1.24. The van der Waals surface area contributed by atoms with E-state index in [9.17, 15) is 0 Å². The summed E-state index contributed by atoms with van der Waals surface area (Å²) in [5, 5.41) is 3.11. The zero-order valence-electron chi connectivity index (χ0n) is 9.90. The van der Waals surface area contributed by atoms with E-state index in [-0.39, 0.29) is 6.29 Å². The molecule has 1 rings (SSSR count). The first-order valence-electron chi connectivity index (χ1n) is 5.19. The van der Waals surface area contributed by atoms with Gasteiger partial charge in [0, 0.05) is 20.4 Å². The predicted octanol–water partition coefficient (Wildman–Crippen LogP) is 1.51. The Balaban J connectivity index is 2.58. The molecule has 1 aromatic heterocycles. The van der Waals surface area contributed by atoms with E-state index in [4.69, 9.17) is 14.2 Å². The average Bonchev–Trinajstić information content (AvgIpc) is 2.33. The molecule has 5 heteroatoms. The van der Waals surface area contributed by atoms with Gasteiger partial charge in [-0.1, -0.05) is 0 Å². The van der Waals surface area contributed by atoms with E-state index >= 15 is 0 Å². The Morgan fingerprint density at radius 2 is 2.12 bits per heavy atom. The molecule has 1 aromatic rings. The highest BCUT2D eigenvalue weighted by molar-refractivity contribution is 5.49. The Kier molecular flexibility index (Phi) is 5.60. The second-order valence-corrected chi connectivity index (χ2v) is 3.07. The maximum absolute atomic E-state index is 5.43. The summed E-state index contributed by atoms with van der Waals surface area (Å²) in [4.78, 5) is 4.19. The van der Waals surface area contributed by atoms with Crippen molar-refractivity contribution in [2.45, 2.75) is 13.2 Å². The van der Waals surface area contributed by atoms with Crippen molar-refractivity contribution in [3.63, 3.8) is 0 Å². The summed E-state index contributed by atoms with van der Waals surface area (Å²) < 4.78 is 15.6. The van der Waals surface area contributed by atoms with Crippen LogP contribution in [0.3, 0.4) is 0 Å². The number of nitrogens with zero attached hydrogens (tertiary/aromatic N) is 1. The van der Waals surface area contributed by atoms with Crippen LogP contribution in [-0.2, 0) is 9.47 Å². The Labute approximate surface area is 95.7 Å². The van der Waals surface area contributed by atoms with Crippen LogP contribution < -0.4 is 10.1 Å². The molecule has 0 aromatic carbocycles. The number of hydrogen-bond acceptors (Lipinski definition) is 5. The third kappa shape index (κ3) is 3.67. The van der Waals surface area contributed by atoms with E-state index < -0.39 is 0 Å². The summed E-state index contributed by atoms with van der Waals surface area (Å²) in [6, 6.07) is 3.70. The smallest absolute Gasteiger partial charge is 0.173 e. The number of rotatable bonds is 7. The highest BCUT2D eigenvalue weighted by Crippen LogP contribution is 2.20. The number of ether oxygens (including phenoxy) is 3. The van der Waals surface area contributed by atoms with Crippen LogP contribution in [-0.4, -0.2) is 38.6 Å². The van der Waals surface area contributed by atoms with Crippen LogP contribution in [0.15, 0.2) is 18.3 Å². The number of pyridine rings is 1. The first-order chi connectivity index (χ1) is 7.81. The molecule has 1 N–H and O–H groups in total. The van der Waals surface area contributed by atoms with Gasteiger partial charge >= 0.3 is 0 Å². The van der Waals surface area contributed by atoms with Crippen molar-refractivity contribution in [3.8, 4) is 5.75 Å². The second kappa shape index (κ2) is 7.03. The summed E-state index contributed by atoms with van der Waals surface area (Å²) in [5.74, 6) is 1.43. The fraction of sp³-hybridized carbons (Fsp3) is 0.545. The summed E-state index contributed by atoms with van der Waals surface area (Å²) in [6.45, 7) is 3.06. The molecule has 5 nitrogen and oxygen atoms in total. The monoisotopic (exact) mass is 226 g/mol. The van der Waals surface area contributed by atoms with Gasteiger partial charge in [-0.3, -0.25) is 0 Å². The molecule has 0 bridgehead atoms. The molecule has 1 heterocycles. The van der Waals surface area contributed by atoms with Crippen molar-refractivity contribution < 1.29 is 14.2 Å². The van der Waals surface area contributed by atoms with Crippen molar-refractivity contribution in [1.29, 1.82) is 0 Å². The molecule has 0 unspecified atom stereocenters. The van der Waals surface area contributed by atoms with Crippen molar-refractivity contribution in [2.75, 3.05) is 32.7 Å². The molecule has 0 fully saturated rings. The fourth-order valence-electron chi connectivity index (χ4n) is 1.24. The largest absolute Gasteiger partial charge is 0.490 e. The highest BCUT2D eigenvalue weighted by atomic mass is 16.7. The topological polar surface area (TPSA) is 52.6 Å². The van der Waals surface area contributed by atoms with Crippen LogP contribution in [0, 0.1) is 0 Å². The highest BCUT2D eigenvalue weighted by Gasteiger charge is 2.08. The number of nitrogens with one attached hydrogen (secondary N) is 1. The van der Waals surface area contributed by atoms with Crippen LogP contribution >= 0.6 is 0 Å². The van der Waals surface area contributed by atoms with Crippen LogP contribution in [0.4, 0.5) is 5.82 Å². The van der Waals surface area contributed by atoms with Gasteiger partial charge in [0.25, 0.3) is 0 Å². The molecular formula is C11H18N2O3. The van der Waals surface area contributed by atoms with E-state index in [1.54, 1.807) is 20.4 Å². The van der Waals surface area contributed by atoms with Crippen molar-refractivity contribution in [1.82, 2.24) is 4.98 Å². The third-order valence-electron chi connectivity index (χ3n) is 2.03. The average molecular weight is 226 g/mol. The lowest BCUT2D eigenvalue weighted by Gasteiger charge is -2.16. The van der Waals surface area contributed by atoms with Gasteiger partial charge in [-0.2, -0.15) is 0 Å². The van der Waals surface area contributed by atoms with Crippen LogP contribution in [0.2, 0.25) is 0 Å². The zero-order chi connectivity index (χ0) is 11.8. The third-order valence-corrected chi connectivity index (χ3v) is 2.03. The van der Waals surface area contributed by atoms with Crippen LogP contribution in [0.1, 0.15) is 6.92 Å². The minimum atomic E-state index is -0.295. The quantitative estimate of drug-likeness (QED) is 0.714. The number of methoxy groups -OCH3 is 2. The van der Waals surface area contributed by atoms with Gasteiger partial charge in [0.1, 0.15) is 0 Å². The minimum Gasteiger partial charge on any atom is -0.490 e. The van der Waals surface area contributed by atoms with Gasteiger partial charge in [0.05, 0.1) is 13.2 Å². The van der Waals surface area contributed by atoms with E-state index in [2.05, 4.69) is 10.3 Å². The van der Waals surface area contributed by atoms with Gasteiger partial charge in [0.15, 0.2) is 17.9 Å². The normalized spacial score (nSPS) is 10.5. The lowest BCUT2D eigenvalue weighted by atomic mass is 10.4. The maximum Gasteiger partial charge on any atom is 0.173 e. The summed E-state index contributed by atoms with van der Waals surface area (Å²) in [7, 11) is 3.19. The molecule has 0 atom stereocenters. The molecule has 16 heavy (non-hydrogen) atoms. The van der Waals surface area contributed by atoms with Crippen molar-refractivity contribution in [3.05, 3.63) is 18.3 Å². The van der Waals surface area contributed by atoms with Crippen LogP contribution in [0.25, 0.3) is 0 Å². The van der Waals surface area contributed by atoms with Crippen LogP contribution in [0.5, 0.6) is 5.75 Å². The van der Waals surface area contributed by atoms with Gasteiger partial charge < -0.3 is 19.5 Å². The summed E-state index contributed by atoms with van der Waals surface area (Å²) in [6.07, 6.45) is 1.41. The maximum atomic E-state index is 5.43. The molecule has 0 aliphatic carbocycles. The Morgan fingerprint density at radius 1 is 1.38 bits per heavy atom. The molecule has 0 aliphatic heterocycles. The Hall–Kier alpha value is -1.33. The van der Waals surface area contributed by atoms with Crippen molar-refractivity contribution >= 4 is 5.82 Å². The standard InChI is InChI=1S/C11H18N2O3/c1-4-16-9-6-5-7-12-11(9)13-8-10(14-2)15-3/h5-7,10H,4,8H2,1-3H3,(H,12,13). The van der Waals surface area contributed by atoms with E-state index in [1.165, 1.54) is 0 Å². The molecule has 0 radical (unpaired) electrons. The van der Waals surface area contributed by atoms with Gasteiger partial charge in [-0.25, -0.2) is 4.98 Å². The summed E-state index contributed by atoms with van der Waals surface area (Å²) >= 11 is 0. The second-order valence-electron chi connectivity index (χ2n) is 3.07. The molecule has 0 saturated carbocycles. The SMILES string of the molecule is CCOc1cccnc1NCC(OC)OC. The first-order valence-corrected chi connectivity index (χ1v) is 5.19. The lowest BCUT2D eigenvalue weighted by Crippen LogP contribution is -2.24. The molecular weight excluding hydrogens is 208 g/mol. The minimum absolute atomic E-state index is 0.295. The van der Waals surface area contributed by atoms with Crippen molar-refractivity contribution in [2.24, 2.45) is 0 Å². The molecule has 0 saturated heterocycles. The summed E-state index contributed by atoms with van der Waals surface area (Å²) in [5.41, 5.74) is 0. The van der Waals surface area contributed by atoms with E-state index in [0.717, 1.165) is 5.75 Å².